The molecule has 19 heavy (non-hydrogen) atoms. The van der Waals surface area contributed by atoms with Gasteiger partial charge < -0.3 is 15.7 Å². The quantitative estimate of drug-likeness (QED) is 0.749. The highest BCUT2D eigenvalue weighted by Gasteiger charge is 2.07. The van der Waals surface area contributed by atoms with Crippen LogP contribution in [0, 0.1) is 0 Å². The molecule has 0 saturated heterocycles. The number of likely N-dealkylation sites (N-methyl/N-ethyl adjacent to an activating group) is 1. The second-order valence-corrected chi connectivity index (χ2v) is 3.93. The largest absolute Gasteiger partial charge is 0.478 e. The van der Waals surface area contributed by atoms with Crippen molar-refractivity contribution in [3.8, 4) is 0 Å². The second kappa shape index (κ2) is 6.34. The Balaban J connectivity index is 2.66. The summed E-state index contributed by atoms with van der Waals surface area (Å²) in [6.45, 7) is 0.307. The van der Waals surface area contributed by atoms with Gasteiger partial charge in [-0.2, -0.15) is 0 Å². The molecular weight excluding hydrogens is 248 g/mol. The highest BCUT2D eigenvalue weighted by molar-refractivity contribution is 5.94. The van der Waals surface area contributed by atoms with Crippen LogP contribution in [0.5, 0.6) is 0 Å². The van der Waals surface area contributed by atoms with Gasteiger partial charge in [0.15, 0.2) is 0 Å². The van der Waals surface area contributed by atoms with Crippen molar-refractivity contribution in [1.29, 1.82) is 0 Å². The smallest absolute Gasteiger partial charge is 0.328 e. The van der Waals surface area contributed by atoms with Gasteiger partial charge in [0.05, 0.1) is 0 Å². The topological polar surface area (TPSA) is 101 Å². The van der Waals surface area contributed by atoms with Gasteiger partial charge in [-0.3, -0.25) is 9.59 Å². The van der Waals surface area contributed by atoms with Crippen LogP contribution < -0.4 is 5.73 Å². The number of primary amides is 1. The predicted octanol–water partition coefficient (Wildman–Crippen LogP) is 0.385. The van der Waals surface area contributed by atoms with Crippen molar-refractivity contribution in [2.45, 2.75) is 6.54 Å². The maximum Gasteiger partial charge on any atom is 0.328 e. The lowest BCUT2D eigenvalue weighted by molar-refractivity contribution is -0.132. The Morgan fingerprint density at radius 1 is 1.21 bits per heavy atom. The van der Waals surface area contributed by atoms with Gasteiger partial charge in [0.1, 0.15) is 0 Å². The van der Waals surface area contributed by atoms with Crippen LogP contribution in [0.1, 0.15) is 15.9 Å². The summed E-state index contributed by atoms with van der Waals surface area (Å²) < 4.78 is 0. The average Bonchev–Trinajstić information content (AvgIpc) is 2.36. The van der Waals surface area contributed by atoms with Crippen molar-refractivity contribution in [3.05, 3.63) is 47.5 Å². The van der Waals surface area contributed by atoms with Gasteiger partial charge in [-0.05, 0) is 17.7 Å². The minimum Gasteiger partial charge on any atom is -0.478 e. The van der Waals surface area contributed by atoms with E-state index < -0.39 is 17.8 Å². The van der Waals surface area contributed by atoms with E-state index in [0.717, 1.165) is 17.7 Å². The average molecular weight is 262 g/mol. The van der Waals surface area contributed by atoms with E-state index >= 15 is 0 Å². The van der Waals surface area contributed by atoms with Gasteiger partial charge in [-0.15, -0.1) is 0 Å². The van der Waals surface area contributed by atoms with Crippen LogP contribution >= 0.6 is 0 Å². The first-order valence-corrected chi connectivity index (χ1v) is 5.45. The zero-order valence-corrected chi connectivity index (χ0v) is 10.4. The zero-order valence-electron chi connectivity index (χ0n) is 10.4. The molecule has 0 bridgehead atoms. The van der Waals surface area contributed by atoms with E-state index in [1.807, 2.05) is 0 Å². The van der Waals surface area contributed by atoms with E-state index in [9.17, 15) is 14.4 Å². The minimum absolute atomic E-state index is 0.307. The summed E-state index contributed by atoms with van der Waals surface area (Å²) in [6.07, 6.45) is 1.77. The molecule has 0 fully saturated rings. The fourth-order valence-corrected chi connectivity index (χ4v) is 1.40. The molecule has 0 radical (unpaired) electrons. The van der Waals surface area contributed by atoms with Crippen LogP contribution in [0.4, 0.5) is 0 Å². The molecule has 0 heterocycles. The molecule has 0 aromatic heterocycles. The molecule has 100 valence electrons. The van der Waals surface area contributed by atoms with Crippen LogP contribution in [0.15, 0.2) is 36.4 Å². The highest BCUT2D eigenvalue weighted by Crippen LogP contribution is 2.06. The Bertz CT molecular complexity index is 520. The van der Waals surface area contributed by atoms with Crippen LogP contribution in [-0.2, 0) is 16.1 Å². The molecule has 1 aromatic rings. The fourth-order valence-electron chi connectivity index (χ4n) is 1.40. The van der Waals surface area contributed by atoms with E-state index in [0.29, 0.717) is 12.1 Å². The number of aliphatic carboxylic acids is 1. The molecule has 0 unspecified atom stereocenters. The third-order valence-corrected chi connectivity index (χ3v) is 2.40. The van der Waals surface area contributed by atoms with Crippen molar-refractivity contribution in [2.75, 3.05) is 7.05 Å². The number of carboxylic acid groups (broad SMARTS) is 1. The number of hydrogen-bond acceptors (Lipinski definition) is 3. The summed E-state index contributed by atoms with van der Waals surface area (Å²) in [7, 11) is 1.55. The Labute approximate surface area is 110 Å². The van der Waals surface area contributed by atoms with Crippen molar-refractivity contribution in [2.24, 2.45) is 5.73 Å². The molecule has 2 amide bonds. The molecule has 6 heteroatoms. The third-order valence-electron chi connectivity index (χ3n) is 2.40. The summed E-state index contributed by atoms with van der Waals surface area (Å²) in [5.74, 6) is -2.10. The lowest BCUT2D eigenvalue weighted by atomic mass is 10.1. The number of carboxylic acids is 1. The third kappa shape index (κ3) is 4.63. The number of nitrogens with two attached hydrogens (primary N) is 1. The monoisotopic (exact) mass is 262 g/mol. The van der Waals surface area contributed by atoms with Gasteiger partial charge >= 0.3 is 5.97 Å². The molecule has 0 aliphatic rings. The maximum atomic E-state index is 11.5. The fraction of sp³-hybridized carbons (Fsp3) is 0.154. The van der Waals surface area contributed by atoms with Gasteiger partial charge in [0, 0.05) is 31.3 Å². The molecule has 0 saturated carbocycles. The number of hydrogen-bond donors (Lipinski definition) is 2. The van der Waals surface area contributed by atoms with Gasteiger partial charge in [0.25, 0.3) is 0 Å². The maximum absolute atomic E-state index is 11.5. The number of nitrogens with zero attached hydrogens (tertiary/aromatic N) is 1. The van der Waals surface area contributed by atoms with Crippen molar-refractivity contribution in [1.82, 2.24) is 4.90 Å². The molecule has 6 nitrogen and oxygen atoms in total. The van der Waals surface area contributed by atoms with E-state index in [4.69, 9.17) is 10.8 Å². The van der Waals surface area contributed by atoms with E-state index in [1.54, 1.807) is 31.3 Å². The number of benzene rings is 1. The first kappa shape index (κ1) is 14.4. The van der Waals surface area contributed by atoms with Crippen molar-refractivity contribution >= 4 is 17.8 Å². The first-order chi connectivity index (χ1) is 8.90. The molecule has 0 aliphatic heterocycles. The number of rotatable bonds is 5. The van der Waals surface area contributed by atoms with Gasteiger partial charge in [0.2, 0.25) is 11.8 Å². The summed E-state index contributed by atoms with van der Waals surface area (Å²) in [6, 6.07) is 6.52. The van der Waals surface area contributed by atoms with Crippen LogP contribution in [-0.4, -0.2) is 34.8 Å². The number of carbonyl (C=O) groups is 3. The first-order valence-electron chi connectivity index (χ1n) is 5.45. The van der Waals surface area contributed by atoms with Crippen molar-refractivity contribution < 1.29 is 19.5 Å². The zero-order chi connectivity index (χ0) is 14.4. The Hall–Kier alpha value is -2.63. The van der Waals surface area contributed by atoms with Crippen LogP contribution in [0.3, 0.4) is 0 Å². The lowest BCUT2D eigenvalue weighted by Gasteiger charge is -2.15. The SMILES string of the molecule is CN(Cc1ccc(C(N)=O)cc1)C(=O)/C=C/C(=O)O. The minimum atomic E-state index is -1.17. The van der Waals surface area contributed by atoms with Gasteiger partial charge in [-0.1, -0.05) is 12.1 Å². The summed E-state index contributed by atoms with van der Waals surface area (Å²) in [5, 5.41) is 8.42. The lowest BCUT2D eigenvalue weighted by Crippen LogP contribution is -2.24. The number of amides is 2. The molecule has 0 atom stereocenters. The standard InChI is InChI=1S/C13H14N2O4/c1-15(11(16)6-7-12(17)18)8-9-2-4-10(5-3-9)13(14)19/h2-7H,8H2,1H3,(H2,14,19)(H,17,18)/b7-6+. The Morgan fingerprint density at radius 2 is 1.79 bits per heavy atom. The van der Waals surface area contributed by atoms with E-state index in [2.05, 4.69) is 0 Å². The van der Waals surface area contributed by atoms with E-state index in [-0.39, 0.29) is 0 Å². The van der Waals surface area contributed by atoms with E-state index in [1.165, 1.54) is 4.90 Å². The van der Waals surface area contributed by atoms with Crippen LogP contribution in [0.2, 0.25) is 0 Å². The molecule has 0 spiro atoms. The Morgan fingerprint density at radius 3 is 2.26 bits per heavy atom. The second-order valence-electron chi connectivity index (χ2n) is 3.93. The van der Waals surface area contributed by atoms with Crippen LogP contribution in [0.25, 0.3) is 0 Å². The normalized spacial score (nSPS) is 10.4. The molecule has 0 aliphatic carbocycles. The Kier molecular flexibility index (Phi) is 4.82. The highest BCUT2D eigenvalue weighted by atomic mass is 16.4. The molecule has 1 aromatic carbocycles. The number of carbonyl (C=O) groups excluding carboxylic acids is 2. The van der Waals surface area contributed by atoms with Gasteiger partial charge in [-0.25, -0.2) is 4.79 Å². The molecule has 3 N–H and O–H groups in total. The summed E-state index contributed by atoms with van der Waals surface area (Å²) in [5.41, 5.74) is 6.31. The molecular formula is C13H14N2O4. The summed E-state index contributed by atoms with van der Waals surface area (Å²) in [4.78, 5) is 34.1. The predicted molar refractivity (Wildman–Crippen MR) is 68.2 cm³/mol. The molecule has 1 rings (SSSR count). The van der Waals surface area contributed by atoms with Crippen molar-refractivity contribution in [3.63, 3.8) is 0 Å². The summed E-state index contributed by atoms with van der Waals surface area (Å²) >= 11 is 0.